The maximum Gasteiger partial charge on any atom is 0.159 e. The van der Waals surface area contributed by atoms with E-state index in [-0.39, 0.29) is 23.4 Å². The highest BCUT2D eigenvalue weighted by atomic mass is 19.1. The van der Waals surface area contributed by atoms with Crippen LogP contribution in [0.4, 0.5) is 4.39 Å². The Labute approximate surface area is 189 Å². The number of Topliss-reactive ketones (excluding diaryl/α,β-unsaturated/α-hetero) is 1. The van der Waals surface area contributed by atoms with Gasteiger partial charge in [-0.1, -0.05) is 36.8 Å². The summed E-state index contributed by atoms with van der Waals surface area (Å²) in [6.45, 7) is 5.30. The van der Waals surface area contributed by atoms with Crippen LogP contribution in [0.5, 0.6) is 0 Å². The average Bonchev–Trinajstić information content (AvgIpc) is 2.76. The Balaban J connectivity index is 1.62. The average molecular weight is 437 g/mol. The number of benzene rings is 1. The van der Waals surface area contributed by atoms with E-state index in [2.05, 4.69) is 19.1 Å². The van der Waals surface area contributed by atoms with Gasteiger partial charge in [0.1, 0.15) is 11.4 Å². The summed E-state index contributed by atoms with van der Waals surface area (Å²) in [6.07, 6.45) is 8.26. The van der Waals surface area contributed by atoms with Crippen molar-refractivity contribution in [3.05, 3.63) is 58.9 Å². The third-order valence-corrected chi connectivity index (χ3v) is 9.57. The van der Waals surface area contributed by atoms with Gasteiger partial charge in [-0.2, -0.15) is 0 Å². The smallest absolute Gasteiger partial charge is 0.159 e. The van der Waals surface area contributed by atoms with E-state index in [0.29, 0.717) is 42.6 Å². The predicted molar refractivity (Wildman–Crippen MR) is 122 cm³/mol. The van der Waals surface area contributed by atoms with E-state index < -0.39 is 16.8 Å². The Morgan fingerprint density at radius 1 is 1.09 bits per heavy atom. The first kappa shape index (κ1) is 21.8. The summed E-state index contributed by atoms with van der Waals surface area (Å²) in [5.74, 6) is 1.36. The standard InChI is InChI=1S/C28H33FO3/c1-16(30)17-4-6-18(7-5-17)23-15-27(2)24(12-13-25(29)28(27,3)32)22-10-8-19-14-20(31)9-11-21(19)26(22)23/h4-7,13-14,21-24,26,32H,8-12,15H2,1-3H3/t21-,22-,23+,24-,26+,27-,28?/m0/s1. The molecule has 0 saturated heterocycles. The molecule has 0 aromatic heterocycles. The number of ketones is 2. The summed E-state index contributed by atoms with van der Waals surface area (Å²) in [7, 11) is 0. The molecule has 32 heavy (non-hydrogen) atoms. The van der Waals surface area contributed by atoms with Crippen LogP contribution >= 0.6 is 0 Å². The second-order valence-electron chi connectivity index (χ2n) is 11.0. The minimum absolute atomic E-state index is 0.0428. The highest BCUT2D eigenvalue weighted by molar-refractivity contribution is 5.94. The summed E-state index contributed by atoms with van der Waals surface area (Å²) < 4.78 is 14.9. The quantitative estimate of drug-likeness (QED) is 0.584. The maximum absolute atomic E-state index is 14.9. The fraction of sp³-hybridized carbons (Fsp3) is 0.571. The number of carbonyl (C=O) groups is 2. The van der Waals surface area contributed by atoms with Gasteiger partial charge >= 0.3 is 0 Å². The molecule has 4 aliphatic carbocycles. The number of allylic oxidation sites excluding steroid dienone is 3. The second-order valence-corrected chi connectivity index (χ2v) is 11.0. The van der Waals surface area contributed by atoms with Crippen LogP contribution in [-0.4, -0.2) is 22.3 Å². The van der Waals surface area contributed by atoms with Crippen LogP contribution in [0.25, 0.3) is 0 Å². The lowest BCUT2D eigenvalue weighted by atomic mass is 9.43. The van der Waals surface area contributed by atoms with Gasteiger partial charge in [0.05, 0.1) is 0 Å². The molecule has 2 fully saturated rings. The van der Waals surface area contributed by atoms with Gasteiger partial charge < -0.3 is 5.11 Å². The first-order chi connectivity index (χ1) is 15.1. The van der Waals surface area contributed by atoms with Crippen molar-refractivity contribution in [2.45, 2.75) is 70.8 Å². The third-order valence-electron chi connectivity index (χ3n) is 9.57. The van der Waals surface area contributed by atoms with Gasteiger partial charge in [-0.15, -0.1) is 0 Å². The summed E-state index contributed by atoms with van der Waals surface area (Å²) >= 11 is 0. The molecule has 0 heterocycles. The number of carbonyl (C=O) groups excluding carboxylic acids is 2. The lowest BCUT2D eigenvalue weighted by Crippen LogP contribution is -2.60. The number of hydrogen-bond acceptors (Lipinski definition) is 3. The van der Waals surface area contributed by atoms with Crippen molar-refractivity contribution in [1.29, 1.82) is 0 Å². The van der Waals surface area contributed by atoms with Crippen molar-refractivity contribution < 1.29 is 19.1 Å². The fourth-order valence-corrected chi connectivity index (χ4v) is 7.66. The fourth-order valence-electron chi connectivity index (χ4n) is 7.66. The van der Waals surface area contributed by atoms with Crippen LogP contribution in [0.2, 0.25) is 0 Å². The van der Waals surface area contributed by atoms with Gasteiger partial charge in [-0.3, -0.25) is 9.59 Å². The monoisotopic (exact) mass is 436 g/mol. The Bertz CT molecular complexity index is 1020. The number of rotatable bonds is 2. The van der Waals surface area contributed by atoms with E-state index in [1.165, 1.54) is 5.57 Å². The zero-order valence-corrected chi connectivity index (χ0v) is 19.2. The topological polar surface area (TPSA) is 54.4 Å². The van der Waals surface area contributed by atoms with Crippen LogP contribution in [0, 0.1) is 29.1 Å². The Hall–Kier alpha value is -2.07. The number of halogens is 1. The van der Waals surface area contributed by atoms with Gasteiger partial charge in [-0.25, -0.2) is 4.39 Å². The molecule has 0 amide bonds. The minimum atomic E-state index is -1.49. The van der Waals surface area contributed by atoms with E-state index in [4.69, 9.17) is 0 Å². The molecular formula is C28H33FO3. The van der Waals surface area contributed by atoms with E-state index in [9.17, 15) is 19.1 Å². The molecule has 170 valence electrons. The molecule has 2 saturated carbocycles. The lowest BCUT2D eigenvalue weighted by molar-refractivity contribution is -0.152. The van der Waals surface area contributed by atoms with Gasteiger partial charge in [0.15, 0.2) is 11.6 Å². The first-order valence-corrected chi connectivity index (χ1v) is 12.1. The molecule has 1 N–H and O–H groups in total. The van der Waals surface area contributed by atoms with Crippen molar-refractivity contribution in [3.8, 4) is 0 Å². The molecule has 1 aromatic carbocycles. The number of aliphatic hydroxyl groups is 1. The maximum atomic E-state index is 14.9. The van der Waals surface area contributed by atoms with E-state index in [0.717, 1.165) is 24.8 Å². The predicted octanol–water partition coefficient (Wildman–Crippen LogP) is 5.94. The molecule has 4 heteroatoms. The Kier molecular flexibility index (Phi) is 5.09. The van der Waals surface area contributed by atoms with Crippen LogP contribution in [0.15, 0.2) is 47.8 Å². The molecule has 1 aromatic rings. The highest BCUT2D eigenvalue weighted by Crippen LogP contribution is 2.66. The zero-order chi connectivity index (χ0) is 22.8. The van der Waals surface area contributed by atoms with Crippen molar-refractivity contribution >= 4 is 11.6 Å². The molecule has 0 bridgehead atoms. The summed E-state index contributed by atoms with van der Waals surface area (Å²) in [5, 5.41) is 11.4. The van der Waals surface area contributed by atoms with Crippen LogP contribution < -0.4 is 0 Å². The largest absolute Gasteiger partial charge is 0.382 e. The Morgan fingerprint density at radius 2 is 1.81 bits per heavy atom. The van der Waals surface area contributed by atoms with Gasteiger partial charge in [0, 0.05) is 17.4 Å². The number of hydrogen-bond donors (Lipinski definition) is 1. The lowest BCUT2D eigenvalue weighted by Gasteiger charge is -2.62. The number of fused-ring (bicyclic) bond motifs is 5. The molecule has 5 rings (SSSR count). The molecule has 0 aliphatic heterocycles. The molecule has 3 nitrogen and oxygen atoms in total. The van der Waals surface area contributed by atoms with Crippen molar-refractivity contribution in [3.63, 3.8) is 0 Å². The van der Waals surface area contributed by atoms with E-state index >= 15 is 0 Å². The molecular weight excluding hydrogens is 403 g/mol. The third kappa shape index (κ3) is 3.09. The normalized spacial score (nSPS) is 41.0. The van der Waals surface area contributed by atoms with Crippen molar-refractivity contribution in [1.82, 2.24) is 0 Å². The summed E-state index contributed by atoms with van der Waals surface area (Å²) in [5.41, 5.74) is 1.09. The second kappa shape index (κ2) is 7.48. The molecule has 0 spiro atoms. The van der Waals surface area contributed by atoms with E-state index in [1.54, 1.807) is 19.9 Å². The molecule has 1 unspecified atom stereocenters. The highest BCUT2D eigenvalue weighted by Gasteiger charge is 2.62. The van der Waals surface area contributed by atoms with Crippen molar-refractivity contribution in [2.75, 3.05) is 0 Å². The zero-order valence-electron chi connectivity index (χ0n) is 19.2. The van der Waals surface area contributed by atoms with Crippen LogP contribution in [-0.2, 0) is 4.79 Å². The summed E-state index contributed by atoms with van der Waals surface area (Å²) in [6, 6.07) is 7.89. The minimum Gasteiger partial charge on any atom is -0.382 e. The first-order valence-electron chi connectivity index (χ1n) is 12.1. The van der Waals surface area contributed by atoms with Gasteiger partial charge in [0.2, 0.25) is 0 Å². The molecule has 7 atom stereocenters. The van der Waals surface area contributed by atoms with Crippen LogP contribution in [0.3, 0.4) is 0 Å². The Morgan fingerprint density at radius 3 is 2.50 bits per heavy atom. The summed E-state index contributed by atoms with van der Waals surface area (Å²) in [4.78, 5) is 24.0. The van der Waals surface area contributed by atoms with Crippen molar-refractivity contribution in [2.24, 2.45) is 29.1 Å². The van der Waals surface area contributed by atoms with E-state index in [1.807, 2.05) is 18.2 Å². The SMILES string of the molecule is CC(=O)c1ccc([C@H]2C[C@@]3(C)[C@@H](CC=C(F)C3(C)O)[C@@H]3CCC4=CC(=O)CC[C@@H]4[C@H]32)cc1. The van der Waals surface area contributed by atoms with Crippen LogP contribution in [0.1, 0.15) is 81.1 Å². The molecule has 4 aliphatic rings. The molecule has 0 radical (unpaired) electrons. The van der Waals surface area contributed by atoms with Gasteiger partial charge in [-0.05, 0) is 93.3 Å². The van der Waals surface area contributed by atoms with Gasteiger partial charge in [0.25, 0.3) is 0 Å².